The van der Waals surface area contributed by atoms with Crippen LogP contribution in [0.3, 0.4) is 0 Å². The van der Waals surface area contributed by atoms with Crippen molar-refractivity contribution < 1.29 is 19.1 Å². The molecule has 0 radical (unpaired) electrons. The summed E-state index contributed by atoms with van der Waals surface area (Å²) in [4.78, 5) is 29.8. The lowest BCUT2D eigenvalue weighted by Crippen LogP contribution is -2.32. The summed E-state index contributed by atoms with van der Waals surface area (Å²) in [5.41, 5.74) is 1.98. The number of hydrogen-bond acceptors (Lipinski definition) is 5. The van der Waals surface area contributed by atoms with E-state index >= 15 is 0 Å². The maximum absolute atomic E-state index is 13.0. The van der Waals surface area contributed by atoms with Gasteiger partial charge < -0.3 is 9.47 Å². The summed E-state index contributed by atoms with van der Waals surface area (Å²) in [7, 11) is 1.39. The van der Waals surface area contributed by atoms with Crippen molar-refractivity contribution in [1.82, 2.24) is 0 Å². The summed E-state index contributed by atoms with van der Waals surface area (Å²) >= 11 is 0. The fraction of sp³-hybridized carbons (Fsp3) is 0.400. The Balaban J connectivity index is 1.95. The first-order valence-electron chi connectivity index (χ1n) is 10.3. The molecule has 158 valence electrons. The van der Waals surface area contributed by atoms with Gasteiger partial charge in [0, 0.05) is 11.1 Å². The van der Waals surface area contributed by atoms with Gasteiger partial charge in [0.25, 0.3) is 0 Å². The van der Waals surface area contributed by atoms with E-state index in [0.717, 1.165) is 16.8 Å². The third-order valence-electron chi connectivity index (χ3n) is 5.01. The van der Waals surface area contributed by atoms with Crippen molar-refractivity contribution >= 4 is 17.7 Å². The molecule has 2 aromatic rings. The highest BCUT2D eigenvalue weighted by Gasteiger charge is 2.46. The van der Waals surface area contributed by atoms with E-state index in [4.69, 9.17) is 14.5 Å². The number of aliphatic imine (C=N–C) groups is 1. The largest absolute Gasteiger partial charge is 0.469 e. The first-order valence-corrected chi connectivity index (χ1v) is 10.3. The van der Waals surface area contributed by atoms with Crippen molar-refractivity contribution in [3.8, 4) is 0 Å². The lowest BCUT2D eigenvalue weighted by Gasteiger charge is -2.23. The topological polar surface area (TPSA) is 65.0 Å². The fourth-order valence-electron chi connectivity index (χ4n) is 3.47. The Morgan fingerprint density at radius 2 is 1.53 bits per heavy atom. The zero-order chi connectivity index (χ0) is 21.7. The number of ether oxygens (including phenoxy) is 2. The van der Waals surface area contributed by atoms with Gasteiger partial charge in [-0.05, 0) is 39.5 Å². The molecule has 1 aliphatic carbocycles. The normalized spacial score (nSPS) is 18.8. The van der Waals surface area contributed by atoms with Crippen LogP contribution in [0.4, 0.5) is 0 Å². The Kier molecular flexibility index (Phi) is 6.70. The molecule has 0 bridgehead atoms. The molecule has 1 aliphatic rings. The molecule has 0 amide bonds. The van der Waals surface area contributed by atoms with Crippen molar-refractivity contribution in [2.75, 3.05) is 7.11 Å². The van der Waals surface area contributed by atoms with Crippen molar-refractivity contribution in [3.05, 3.63) is 71.8 Å². The van der Waals surface area contributed by atoms with Gasteiger partial charge in [0.05, 0.1) is 18.7 Å². The Bertz CT molecular complexity index is 858. The molecular formula is C25H29NO4. The molecule has 2 aromatic carbocycles. The second-order valence-electron chi connectivity index (χ2n) is 8.62. The number of rotatable bonds is 7. The monoisotopic (exact) mass is 407 g/mol. The molecule has 1 saturated carbocycles. The lowest BCUT2D eigenvalue weighted by atomic mass is 10.0. The summed E-state index contributed by atoms with van der Waals surface area (Å²) in [6, 6.07) is 18.9. The van der Waals surface area contributed by atoms with E-state index in [1.165, 1.54) is 7.11 Å². The molecule has 3 unspecified atom stereocenters. The number of hydrogen-bond donors (Lipinski definition) is 0. The lowest BCUT2D eigenvalue weighted by molar-refractivity contribution is -0.156. The van der Waals surface area contributed by atoms with Crippen LogP contribution in [0.15, 0.2) is 65.7 Å². The minimum Gasteiger partial charge on any atom is -0.469 e. The molecule has 3 rings (SSSR count). The molecule has 30 heavy (non-hydrogen) atoms. The first kappa shape index (κ1) is 21.8. The number of nitrogens with zero attached hydrogens (tertiary/aromatic N) is 1. The van der Waals surface area contributed by atoms with Crippen molar-refractivity contribution in [2.24, 2.45) is 16.8 Å². The van der Waals surface area contributed by atoms with Crippen LogP contribution < -0.4 is 0 Å². The number of carbonyl (C=O) groups is 2. The van der Waals surface area contributed by atoms with Crippen LogP contribution >= 0.6 is 0 Å². The molecule has 0 N–H and O–H groups in total. The van der Waals surface area contributed by atoms with Crippen LogP contribution in [0.2, 0.25) is 0 Å². The Morgan fingerprint density at radius 1 is 1.00 bits per heavy atom. The van der Waals surface area contributed by atoms with E-state index in [0.29, 0.717) is 12.8 Å². The van der Waals surface area contributed by atoms with Crippen LogP contribution in [0, 0.1) is 11.8 Å². The summed E-state index contributed by atoms with van der Waals surface area (Å²) in [5, 5.41) is 0. The first-order chi connectivity index (χ1) is 14.3. The van der Waals surface area contributed by atoms with E-state index in [1.54, 1.807) is 0 Å². The average molecular weight is 408 g/mol. The molecule has 0 saturated heterocycles. The number of carbonyl (C=O) groups excluding carboxylic acids is 2. The predicted molar refractivity (Wildman–Crippen MR) is 116 cm³/mol. The fourth-order valence-corrected chi connectivity index (χ4v) is 3.47. The summed E-state index contributed by atoms with van der Waals surface area (Å²) in [6.07, 6.45) is 1.17. The number of benzene rings is 2. The van der Waals surface area contributed by atoms with Crippen molar-refractivity contribution in [1.29, 1.82) is 0 Å². The summed E-state index contributed by atoms with van der Waals surface area (Å²) < 4.78 is 10.5. The second kappa shape index (κ2) is 9.24. The number of methoxy groups -OCH3 is 1. The zero-order valence-electron chi connectivity index (χ0n) is 18.0. The molecule has 0 spiro atoms. The zero-order valence-corrected chi connectivity index (χ0v) is 18.0. The van der Waals surface area contributed by atoms with Crippen LogP contribution in [0.1, 0.15) is 44.7 Å². The highest BCUT2D eigenvalue weighted by Crippen LogP contribution is 2.43. The van der Waals surface area contributed by atoms with Gasteiger partial charge in [0.2, 0.25) is 0 Å². The molecule has 5 nitrogen and oxygen atoms in total. The highest BCUT2D eigenvalue weighted by atomic mass is 16.6. The van der Waals surface area contributed by atoms with Crippen LogP contribution in [0.5, 0.6) is 0 Å². The summed E-state index contributed by atoms with van der Waals surface area (Å²) in [5.74, 6) is -0.681. The number of esters is 2. The Labute approximate surface area is 178 Å². The third kappa shape index (κ3) is 5.78. The molecule has 0 aromatic heterocycles. The summed E-state index contributed by atoms with van der Waals surface area (Å²) in [6.45, 7) is 5.53. The van der Waals surface area contributed by atoms with Gasteiger partial charge in [-0.3, -0.25) is 9.79 Å². The highest BCUT2D eigenvalue weighted by molar-refractivity contribution is 6.13. The van der Waals surface area contributed by atoms with Crippen LogP contribution in [-0.2, 0) is 19.1 Å². The molecule has 0 aliphatic heterocycles. The Hall–Kier alpha value is -2.95. The molecule has 3 atom stereocenters. The van der Waals surface area contributed by atoms with Gasteiger partial charge in [-0.25, -0.2) is 4.79 Å². The second-order valence-corrected chi connectivity index (χ2v) is 8.62. The van der Waals surface area contributed by atoms with Gasteiger partial charge in [-0.15, -0.1) is 0 Å². The Morgan fingerprint density at radius 3 is 2.00 bits per heavy atom. The van der Waals surface area contributed by atoms with Crippen molar-refractivity contribution in [3.63, 3.8) is 0 Å². The van der Waals surface area contributed by atoms with E-state index in [2.05, 4.69) is 0 Å². The molecule has 0 heterocycles. The quantitative estimate of drug-likeness (QED) is 0.503. The standard InChI is InChI=1S/C25H29NO4/c1-25(2,3)30-24(28)21(16-19-15-20(19)23(27)29-4)26-22(17-11-7-5-8-12-17)18-13-9-6-10-14-18/h5-14,19-21H,15-16H2,1-4H3. The van der Waals surface area contributed by atoms with Gasteiger partial charge in [-0.2, -0.15) is 0 Å². The van der Waals surface area contributed by atoms with Crippen molar-refractivity contribution in [2.45, 2.75) is 45.3 Å². The van der Waals surface area contributed by atoms with Crippen LogP contribution in [-0.4, -0.2) is 36.4 Å². The van der Waals surface area contributed by atoms with E-state index in [1.807, 2.05) is 81.4 Å². The third-order valence-corrected chi connectivity index (χ3v) is 5.01. The minimum absolute atomic E-state index is 0.0755. The molecule has 5 heteroatoms. The van der Waals surface area contributed by atoms with Gasteiger partial charge in [-0.1, -0.05) is 60.7 Å². The van der Waals surface area contributed by atoms with Gasteiger partial charge in [0.1, 0.15) is 11.6 Å². The smallest absolute Gasteiger partial charge is 0.331 e. The van der Waals surface area contributed by atoms with E-state index < -0.39 is 11.6 Å². The maximum atomic E-state index is 13.0. The average Bonchev–Trinajstić information content (AvgIpc) is 3.49. The van der Waals surface area contributed by atoms with E-state index in [-0.39, 0.29) is 23.8 Å². The van der Waals surface area contributed by atoms with Gasteiger partial charge >= 0.3 is 11.9 Å². The van der Waals surface area contributed by atoms with Gasteiger partial charge in [0.15, 0.2) is 0 Å². The maximum Gasteiger partial charge on any atom is 0.331 e. The van der Waals surface area contributed by atoms with E-state index in [9.17, 15) is 9.59 Å². The SMILES string of the molecule is COC(=O)C1CC1CC(N=C(c1ccccc1)c1ccccc1)C(=O)OC(C)(C)C. The minimum atomic E-state index is -0.695. The predicted octanol–water partition coefficient (Wildman–Crippen LogP) is 4.43. The molecule has 1 fully saturated rings. The molecular weight excluding hydrogens is 378 g/mol. The van der Waals surface area contributed by atoms with Crippen LogP contribution in [0.25, 0.3) is 0 Å².